The van der Waals surface area contributed by atoms with Crippen molar-refractivity contribution in [3.63, 3.8) is 0 Å². The van der Waals surface area contributed by atoms with Crippen LogP contribution >= 0.6 is 0 Å². The number of nitro benzene ring substituents is 1. The molecule has 108 valence electrons. The summed E-state index contributed by atoms with van der Waals surface area (Å²) in [5.74, 6) is 2.28. The van der Waals surface area contributed by atoms with Crippen molar-refractivity contribution in [2.24, 2.45) is 0 Å². The maximum Gasteiger partial charge on any atom is 0.289 e. The van der Waals surface area contributed by atoms with Crippen molar-refractivity contribution in [3.8, 4) is 12.3 Å². The number of nitrogens with zero attached hydrogens (tertiary/aromatic N) is 1. The first kappa shape index (κ1) is 16.1. The van der Waals surface area contributed by atoms with Gasteiger partial charge in [-0.15, -0.1) is 6.42 Å². The molecule has 0 aliphatic rings. The third-order valence-corrected chi connectivity index (χ3v) is 4.50. The van der Waals surface area contributed by atoms with E-state index in [2.05, 4.69) is 10.6 Å². The van der Waals surface area contributed by atoms with E-state index in [4.69, 9.17) is 6.42 Å². The molecule has 0 amide bonds. The average Bonchev–Trinajstić information content (AvgIpc) is 2.30. The second-order valence-corrected chi connectivity index (χ2v) is 6.69. The van der Waals surface area contributed by atoms with Gasteiger partial charge in [-0.1, -0.05) is 5.92 Å². The number of hydrogen-bond donors (Lipinski definition) is 1. The molecule has 0 aliphatic carbocycles. The summed E-state index contributed by atoms with van der Waals surface area (Å²) in [6.45, 7) is 6.36. The lowest BCUT2D eigenvalue weighted by Crippen LogP contribution is -2.42. The molecule has 0 heterocycles. The molecule has 1 aromatic rings. The van der Waals surface area contributed by atoms with Crippen LogP contribution in [0.3, 0.4) is 0 Å². The van der Waals surface area contributed by atoms with Crippen molar-refractivity contribution in [1.29, 1.82) is 0 Å². The highest BCUT2D eigenvalue weighted by Gasteiger charge is 2.31. The standard InChI is InChI=1S/C13H16N2O4S/c1-6-13(4,5)14-20(18,19)12-8-10(3)9(2)7-11(12)15(16)17/h1,7-8,14H,2-5H3. The van der Waals surface area contributed by atoms with E-state index in [1.807, 2.05) is 0 Å². The summed E-state index contributed by atoms with van der Waals surface area (Å²) in [6, 6.07) is 2.52. The molecule has 1 N–H and O–H groups in total. The second kappa shape index (κ2) is 5.23. The van der Waals surface area contributed by atoms with Gasteiger partial charge in [0.1, 0.15) is 0 Å². The number of aryl methyl sites for hydroxylation is 2. The maximum atomic E-state index is 12.3. The molecule has 0 atom stereocenters. The molecule has 6 nitrogen and oxygen atoms in total. The fourth-order valence-corrected chi connectivity index (χ4v) is 3.13. The lowest BCUT2D eigenvalue weighted by Gasteiger charge is -2.19. The van der Waals surface area contributed by atoms with Gasteiger partial charge in [-0.2, -0.15) is 4.72 Å². The normalized spacial score (nSPS) is 11.9. The van der Waals surface area contributed by atoms with Crippen molar-refractivity contribution in [2.75, 3.05) is 0 Å². The second-order valence-electron chi connectivity index (χ2n) is 5.04. The van der Waals surface area contributed by atoms with Gasteiger partial charge in [0, 0.05) is 6.07 Å². The van der Waals surface area contributed by atoms with Gasteiger partial charge in [-0.3, -0.25) is 10.1 Å². The van der Waals surface area contributed by atoms with Crippen LogP contribution < -0.4 is 4.72 Å². The summed E-state index contributed by atoms with van der Waals surface area (Å²) < 4.78 is 26.8. The minimum atomic E-state index is -4.08. The third kappa shape index (κ3) is 3.35. The molecule has 7 heteroatoms. The molecule has 0 aliphatic heterocycles. The number of hydrogen-bond acceptors (Lipinski definition) is 4. The molecule has 0 fully saturated rings. The van der Waals surface area contributed by atoms with Crippen LogP contribution in [0.4, 0.5) is 5.69 Å². The van der Waals surface area contributed by atoms with Crippen molar-refractivity contribution in [2.45, 2.75) is 38.1 Å². The number of benzene rings is 1. The molecule has 0 bridgehead atoms. The largest absolute Gasteiger partial charge is 0.289 e. The summed E-state index contributed by atoms with van der Waals surface area (Å²) in [6.07, 6.45) is 5.23. The molecule has 0 saturated carbocycles. The molecule has 1 aromatic carbocycles. The Labute approximate surface area is 118 Å². The van der Waals surface area contributed by atoms with Gasteiger partial charge in [0.2, 0.25) is 10.0 Å². The topological polar surface area (TPSA) is 89.3 Å². The van der Waals surface area contributed by atoms with Crippen LogP contribution in [0, 0.1) is 36.3 Å². The quantitative estimate of drug-likeness (QED) is 0.522. The van der Waals surface area contributed by atoms with E-state index in [0.29, 0.717) is 11.1 Å². The van der Waals surface area contributed by atoms with Crippen molar-refractivity contribution in [3.05, 3.63) is 33.4 Å². The molecule has 0 saturated heterocycles. The maximum absolute atomic E-state index is 12.3. The lowest BCUT2D eigenvalue weighted by atomic mass is 10.1. The molecule has 0 spiro atoms. The molecule has 20 heavy (non-hydrogen) atoms. The zero-order valence-corrected chi connectivity index (χ0v) is 12.5. The molecule has 1 rings (SSSR count). The highest BCUT2D eigenvalue weighted by molar-refractivity contribution is 7.89. The van der Waals surface area contributed by atoms with E-state index in [9.17, 15) is 18.5 Å². The lowest BCUT2D eigenvalue weighted by molar-refractivity contribution is -0.387. The van der Waals surface area contributed by atoms with E-state index in [1.54, 1.807) is 13.8 Å². The predicted molar refractivity (Wildman–Crippen MR) is 75.8 cm³/mol. The zero-order chi connectivity index (χ0) is 15.7. The molecular formula is C13H16N2O4S. The highest BCUT2D eigenvalue weighted by Crippen LogP contribution is 2.28. The van der Waals surface area contributed by atoms with Crippen LogP contribution in [0.2, 0.25) is 0 Å². The third-order valence-electron chi connectivity index (χ3n) is 2.81. The van der Waals surface area contributed by atoms with Gasteiger partial charge < -0.3 is 0 Å². The summed E-state index contributed by atoms with van der Waals surface area (Å²) >= 11 is 0. The predicted octanol–water partition coefficient (Wildman–Crippen LogP) is 1.90. The summed E-state index contributed by atoms with van der Waals surface area (Å²) in [7, 11) is -4.08. The van der Waals surface area contributed by atoms with Gasteiger partial charge >= 0.3 is 0 Å². The van der Waals surface area contributed by atoms with E-state index < -0.39 is 26.2 Å². The Morgan fingerprint density at radius 1 is 1.30 bits per heavy atom. The SMILES string of the molecule is C#CC(C)(C)NS(=O)(=O)c1cc(C)c(C)cc1[N+](=O)[O-]. The van der Waals surface area contributed by atoms with Crippen LogP contribution in [-0.2, 0) is 10.0 Å². The van der Waals surface area contributed by atoms with Crippen molar-refractivity contribution < 1.29 is 13.3 Å². The number of sulfonamides is 1. The first-order valence-electron chi connectivity index (χ1n) is 5.77. The van der Waals surface area contributed by atoms with Crippen LogP contribution in [0.5, 0.6) is 0 Å². The number of rotatable bonds is 4. The summed E-state index contributed by atoms with van der Waals surface area (Å²) in [4.78, 5) is 9.94. The molecular weight excluding hydrogens is 280 g/mol. The van der Waals surface area contributed by atoms with Gasteiger partial charge in [-0.05, 0) is 44.9 Å². The number of terminal acetylenes is 1. The minimum absolute atomic E-state index is 0.381. The van der Waals surface area contributed by atoms with Crippen LogP contribution in [0.25, 0.3) is 0 Å². The van der Waals surface area contributed by atoms with Crippen LogP contribution in [0.1, 0.15) is 25.0 Å². The Balaban J connectivity index is 3.50. The first-order chi connectivity index (χ1) is 9.00. The summed E-state index contributed by atoms with van der Waals surface area (Å²) in [5, 5.41) is 11.0. The van der Waals surface area contributed by atoms with Crippen LogP contribution in [0.15, 0.2) is 17.0 Å². The smallest absolute Gasteiger partial charge is 0.258 e. The van der Waals surface area contributed by atoms with Crippen molar-refractivity contribution >= 4 is 15.7 Å². The summed E-state index contributed by atoms with van der Waals surface area (Å²) in [5.41, 5.74) is -0.305. The van der Waals surface area contributed by atoms with Gasteiger partial charge in [0.15, 0.2) is 4.90 Å². The average molecular weight is 296 g/mol. The fourth-order valence-electron chi connectivity index (χ4n) is 1.55. The van der Waals surface area contributed by atoms with E-state index in [-0.39, 0.29) is 4.90 Å². The Bertz CT molecular complexity index is 700. The Kier molecular flexibility index (Phi) is 4.22. The number of nitrogens with one attached hydrogen (secondary N) is 1. The monoisotopic (exact) mass is 296 g/mol. The fraction of sp³-hybridized carbons (Fsp3) is 0.385. The molecule has 0 unspecified atom stereocenters. The van der Waals surface area contributed by atoms with Gasteiger partial charge in [-0.25, -0.2) is 8.42 Å². The van der Waals surface area contributed by atoms with Gasteiger partial charge in [0.05, 0.1) is 10.5 Å². The molecule has 0 aromatic heterocycles. The van der Waals surface area contributed by atoms with E-state index in [0.717, 1.165) is 0 Å². The van der Waals surface area contributed by atoms with E-state index in [1.165, 1.54) is 26.0 Å². The van der Waals surface area contributed by atoms with Gasteiger partial charge in [0.25, 0.3) is 5.69 Å². The van der Waals surface area contributed by atoms with Crippen LogP contribution in [-0.4, -0.2) is 18.9 Å². The minimum Gasteiger partial charge on any atom is -0.258 e. The Morgan fingerprint density at radius 2 is 1.80 bits per heavy atom. The Morgan fingerprint density at radius 3 is 2.25 bits per heavy atom. The van der Waals surface area contributed by atoms with Crippen molar-refractivity contribution in [1.82, 2.24) is 4.72 Å². The zero-order valence-electron chi connectivity index (χ0n) is 11.7. The number of nitro groups is 1. The van der Waals surface area contributed by atoms with E-state index >= 15 is 0 Å². The Hall–Kier alpha value is -1.91. The highest BCUT2D eigenvalue weighted by atomic mass is 32.2. The molecule has 0 radical (unpaired) electrons. The first-order valence-corrected chi connectivity index (χ1v) is 7.26.